The van der Waals surface area contributed by atoms with Crippen LogP contribution in [0.5, 0.6) is 0 Å². The van der Waals surface area contributed by atoms with Crippen molar-refractivity contribution in [2.24, 2.45) is 11.7 Å². The molecule has 1 aliphatic rings. The highest BCUT2D eigenvalue weighted by molar-refractivity contribution is 5.67. The van der Waals surface area contributed by atoms with Gasteiger partial charge in [-0.05, 0) is 29.9 Å². The first-order chi connectivity index (χ1) is 7.16. The molecule has 0 heterocycles. The smallest absolute Gasteiger partial charge is 0.304 e. The van der Waals surface area contributed by atoms with Crippen LogP contribution < -0.4 is 5.73 Å². The minimum atomic E-state index is -0.807. The van der Waals surface area contributed by atoms with Crippen LogP contribution in [0.1, 0.15) is 17.5 Å². The standard InChI is InChI=1S/C12H15NO2/c13-11(7-12(14)15)10-5-8-3-1-2-4-9(8)6-10/h1-4,10-11H,5-7,13H2,(H,14,15). The molecule has 0 fully saturated rings. The minimum absolute atomic E-state index is 0.0681. The second-order valence-electron chi connectivity index (χ2n) is 4.20. The van der Waals surface area contributed by atoms with Gasteiger partial charge in [0.05, 0.1) is 6.42 Å². The Labute approximate surface area is 88.9 Å². The number of fused-ring (bicyclic) bond motifs is 1. The summed E-state index contributed by atoms with van der Waals surface area (Å²) >= 11 is 0. The van der Waals surface area contributed by atoms with Crippen LogP contribution in [0.3, 0.4) is 0 Å². The van der Waals surface area contributed by atoms with Crippen molar-refractivity contribution in [2.45, 2.75) is 25.3 Å². The van der Waals surface area contributed by atoms with E-state index in [0.717, 1.165) is 12.8 Å². The van der Waals surface area contributed by atoms with Crippen molar-refractivity contribution in [3.05, 3.63) is 35.4 Å². The van der Waals surface area contributed by atoms with Gasteiger partial charge in [0.1, 0.15) is 0 Å². The Bertz CT molecular complexity index is 351. The van der Waals surface area contributed by atoms with E-state index in [1.807, 2.05) is 12.1 Å². The van der Waals surface area contributed by atoms with E-state index in [4.69, 9.17) is 10.8 Å². The molecule has 0 bridgehead atoms. The van der Waals surface area contributed by atoms with Crippen LogP contribution in [0.4, 0.5) is 0 Å². The molecule has 0 aliphatic heterocycles. The van der Waals surface area contributed by atoms with Crippen LogP contribution in [0.25, 0.3) is 0 Å². The Kier molecular flexibility index (Phi) is 2.73. The van der Waals surface area contributed by atoms with E-state index in [-0.39, 0.29) is 12.5 Å². The van der Waals surface area contributed by atoms with Crippen molar-refractivity contribution in [1.29, 1.82) is 0 Å². The molecule has 1 atom stereocenters. The summed E-state index contributed by atoms with van der Waals surface area (Å²) in [6, 6.07) is 8.01. The van der Waals surface area contributed by atoms with Gasteiger partial charge in [0.25, 0.3) is 0 Å². The SMILES string of the molecule is NC(CC(=O)O)C1Cc2ccccc2C1. The summed E-state index contributed by atoms with van der Waals surface area (Å²) < 4.78 is 0. The molecule has 3 nitrogen and oxygen atoms in total. The van der Waals surface area contributed by atoms with Gasteiger partial charge >= 0.3 is 5.97 Å². The molecular weight excluding hydrogens is 190 g/mol. The largest absolute Gasteiger partial charge is 0.481 e. The van der Waals surface area contributed by atoms with Crippen molar-refractivity contribution < 1.29 is 9.90 Å². The maximum Gasteiger partial charge on any atom is 0.304 e. The molecule has 15 heavy (non-hydrogen) atoms. The molecule has 0 saturated carbocycles. The Morgan fingerprint density at radius 3 is 2.40 bits per heavy atom. The quantitative estimate of drug-likeness (QED) is 0.779. The Morgan fingerprint density at radius 1 is 1.40 bits per heavy atom. The number of aliphatic carboxylic acids is 1. The lowest BCUT2D eigenvalue weighted by Gasteiger charge is -2.16. The number of carboxylic acids is 1. The monoisotopic (exact) mass is 205 g/mol. The third-order valence-corrected chi connectivity index (χ3v) is 3.10. The zero-order valence-electron chi connectivity index (χ0n) is 8.52. The average Bonchev–Trinajstić information content (AvgIpc) is 2.59. The first-order valence-corrected chi connectivity index (χ1v) is 5.21. The number of benzene rings is 1. The fourth-order valence-corrected chi connectivity index (χ4v) is 2.26. The van der Waals surface area contributed by atoms with E-state index in [9.17, 15) is 4.79 Å². The summed E-state index contributed by atoms with van der Waals surface area (Å²) in [7, 11) is 0. The van der Waals surface area contributed by atoms with Gasteiger partial charge in [-0.2, -0.15) is 0 Å². The summed E-state index contributed by atoms with van der Waals surface area (Å²) in [6.07, 6.45) is 1.91. The first-order valence-electron chi connectivity index (χ1n) is 5.21. The Hall–Kier alpha value is -1.35. The highest BCUT2D eigenvalue weighted by atomic mass is 16.4. The molecule has 1 aromatic carbocycles. The predicted octanol–water partition coefficient (Wildman–Crippen LogP) is 1.20. The van der Waals surface area contributed by atoms with E-state index in [0.29, 0.717) is 5.92 Å². The summed E-state index contributed by atoms with van der Waals surface area (Å²) in [5.74, 6) is -0.517. The summed E-state index contributed by atoms with van der Waals surface area (Å²) in [4.78, 5) is 10.6. The topological polar surface area (TPSA) is 63.3 Å². The van der Waals surface area contributed by atoms with Gasteiger partial charge < -0.3 is 10.8 Å². The Morgan fingerprint density at radius 2 is 1.93 bits per heavy atom. The molecule has 1 aliphatic carbocycles. The second kappa shape index (κ2) is 4.03. The molecular formula is C12H15NO2. The van der Waals surface area contributed by atoms with Crippen LogP contribution in [0, 0.1) is 5.92 Å². The maximum atomic E-state index is 10.6. The van der Waals surface area contributed by atoms with Crippen LogP contribution in [-0.4, -0.2) is 17.1 Å². The second-order valence-corrected chi connectivity index (χ2v) is 4.20. The van der Waals surface area contributed by atoms with E-state index < -0.39 is 5.97 Å². The minimum Gasteiger partial charge on any atom is -0.481 e. The molecule has 3 N–H and O–H groups in total. The number of hydrogen-bond donors (Lipinski definition) is 2. The van der Waals surface area contributed by atoms with Crippen LogP contribution in [0.15, 0.2) is 24.3 Å². The van der Waals surface area contributed by atoms with Crippen molar-refractivity contribution in [2.75, 3.05) is 0 Å². The lowest BCUT2D eigenvalue weighted by Crippen LogP contribution is -2.32. The zero-order valence-corrected chi connectivity index (χ0v) is 8.52. The first kappa shape index (κ1) is 10.2. The van der Waals surface area contributed by atoms with Gasteiger partial charge in [-0.15, -0.1) is 0 Å². The van der Waals surface area contributed by atoms with Crippen LogP contribution >= 0.6 is 0 Å². The summed E-state index contributed by atoms with van der Waals surface area (Å²) in [5, 5.41) is 8.68. The van der Waals surface area contributed by atoms with Crippen molar-refractivity contribution in [3.8, 4) is 0 Å². The van der Waals surface area contributed by atoms with Gasteiger partial charge in [-0.3, -0.25) is 4.79 Å². The molecule has 0 aromatic heterocycles. The Balaban J connectivity index is 2.03. The number of carboxylic acid groups (broad SMARTS) is 1. The van der Waals surface area contributed by atoms with E-state index in [2.05, 4.69) is 12.1 Å². The number of carbonyl (C=O) groups is 1. The molecule has 1 unspecified atom stereocenters. The molecule has 1 aromatic rings. The van der Waals surface area contributed by atoms with Crippen LogP contribution in [0.2, 0.25) is 0 Å². The number of nitrogens with two attached hydrogens (primary N) is 1. The molecule has 0 amide bonds. The highest BCUT2D eigenvalue weighted by Crippen LogP contribution is 2.28. The molecule has 0 saturated heterocycles. The molecule has 0 spiro atoms. The third kappa shape index (κ3) is 2.18. The number of rotatable bonds is 3. The lowest BCUT2D eigenvalue weighted by molar-refractivity contribution is -0.137. The molecule has 2 rings (SSSR count). The fourth-order valence-electron chi connectivity index (χ4n) is 2.26. The fraction of sp³-hybridized carbons (Fsp3) is 0.417. The van der Waals surface area contributed by atoms with Gasteiger partial charge in [0, 0.05) is 6.04 Å². The van der Waals surface area contributed by atoms with Gasteiger partial charge in [0.2, 0.25) is 0 Å². The maximum absolute atomic E-state index is 10.6. The van der Waals surface area contributed by atoms with Crippen molar-refractivity contribution in [3.63, 3.8) is 0 Å². The number of hydrogen-bond acceptors (Lipinski definition) is 2. The van der Waals surface area contributed by atoms with Gasteiger partial charge in [-0.25, -0.2) is 0 Å². The lowest BCUT2D eigenvalue weighted by atomic mass is 9.95. The van der Waals surface area contributed by atoms with Crippen molar-refractivity contribution in [1.82, 2.24) is 0 Å². The van der Waals surface area contributed by atoms with Crippen LogP contribution in [-0.2, 0) is 17.6 Å². The van der Waals surface area contributed by atoms with Gasteiger partial charge in [0.15, 0.2) is 0 Å². The molecule has 80 valence electrons. The van der Waals surface area contributed by atoms with Gasteiger partial charge in [-0.1, -0.05) is 24.3 Å². The summed E-state index contributed by atoms with van der Waals surface area (Å²) in [5.41, 5.74) is 8.52. The molecule has 3 heteroatoms. The third-order valence-electron chi connectivity index (χ3n) is 3.10. The average molecular weight is 205 g/mol. The highest BCUT2D eigenvalue weighted by Gasteiger charge is 2.27. The zero-order chi connectivity index (χ0) is 10.8. The predicted molar refractivity (Wildman–Crippen MR) is 57.6 cm³/mol. The van der Waals surface area contributed by atoms with Crippen molar-refractivity contribution >= 4 is 5.97 Å². The van der Waals surface area contributed by atoms with E-state index >= 15 is 0 Å². The van der Waals surface area contributed by atoms with E-state index in [1.54, 1.807) is 0 Å². The normalized spacial score (nSPS) is 17.4. The molecule has 0 radical (unpaired) electrons. The van der Waals surface area contributed by atoms with E-state index in [1.165, 1.54) is 11.1 Å². The summed E-state index contributed by atoms with van der Waals surface area (Å²) in [6.45, 7) is 0.